The fourth-order valence-corrected chi connectivity index (χ4v) is 0.765. The molecule has 1 aliphatic heterocycles. The van der Waals surface area contributed by atoms with E-state index in [1.807, 2.05) is 5.43 Å². The van der Waals surface area contributed by atoms with Crippen LogP contribution < -0.4 is 16.2 Å². The predicted octanol–water partition coefficient (Wildman–Crippen LogP) is -0.343. The standard InChI is InChI=1S/C6H8F3N3O/c7-6(8,9)3-11-12-5-1-4(13)2-10-5/h1,10-12H,2-3H2. The highest BCUT2D eigenvalue weighted by molar-refractivity contribution is 5.94. The number of hydrazine groups is 1. The van der Waals surface area contributed by atoms with Gasteiger partial charge in [-0.2, -0.15) is 13.2 Å². The van der Waals surface area contributed by atoms with Crippen molar-refractivity contribution < 1.29 is 18.0 Å². The van der Waals surface area contributed by atoms with Crippen molar-refractivity contribution in [1.29, 1.82) is 0 Å². The summed E-state index contributed by atoms with van der Waals surface area (Å²) in [7, 11) is 0. The lowest BCUT2D eigenvalue weighted by molar-refractivity contribution is -0.126. The van der Waals surface area contributed by atoms with Gasteiger partial charge in [-0.15, -0.1) is 0 Å². The predicted molar refractivity (Wildman–Crippen MR) is 38.3 cm³/mol. The zero-order valence-electron chi connectivity index (χ0n) is 6.53. The Labute approximate surface area is 72.1 Å². The van der Waals surface area contributed by atoms with E-state index in [-0.39, 0.29) is 18.1 Å². The van der Waals surface area contributed by atoms with Crippen LogP contribution in [0.15, 0.2) is 11.9 Å². The molecule has 4 nitrogen and oxygen atoms in total. The van der Waals surface area contributed by atoms with Crippen molar-refractivity contribution in [2.45, 2.75) is 6.18 Å². The van der Waals surface area contributed by atoms with Gasteiger partial charge < -0.3 is 10.7 Å². The van der Waals surface area contributed by atoms with Gasteiger partial charge in [0.2, 0.25) is 0 Å². The molecule has 0 amide bonds. The molecule has 1 heterocycles. The molecule has 0 spiro atoms. The lowest BCUT2D eigenvalue weighted by Crippen LogP contribution is -2.41. The van der Waals surface area contributed by atoms with E-state index in [1.54, 1.807) is 0 Å². The molecule has 0 unspecified atom stereocenters. The van der Waals surface area contributed by atoms with E-state index in [4.69, 9.17) is 0 Å². The van der Waals surface area contributed by atoms with Gasteiger partial charge in [-0.25, -0.2) is 5.43 Å². The van der Waals surface area contributed by atoms with Gasteiger partial charge in [0.25, 0.3) is 0 Å². The maximum Gasteiger partial charge on any atom is 0.402 e. The van der Waals surface area contributed by atoms with Crippen LogP contribution >= 0.6 is 0 Å². The molecule has 0 aliphatic carbocycles. The molecule has 0 atom stereocenters. The van der Waals surface area contributed by atoms with Crippen molar-refractivity contribution in [2.24, 2.45) is 0 Å². The number of halogens is 3. The molecule has 7 heteroatoms. The summed E-state index contributed by atoms with van der Waals surface area (Å²) in [5.41, 5.74) is 4.16. The highest BCUT2D eigenvalue weighted by Crippen LogP contribution is 2.11. The van der Waals surface area contributed by atoms with Crippen LogP contribution in [-0.4, -0.2) is 25.0 Å². The molecule has 0 fully saturated rings. The summed E-state index contributed by atoms with van der Waals surface area (Å²) in [5, 5.41) is 2.56. The Morgan fingerprint density at radius 2 is 2.23 bits per heavy atom. The molecule has 1 aliphatic rings. The van der Waals surface area contributed by atoms with E-state index < -0.39 is 12.7 Å². The average molecular weight is 195 g/mol. The van der Waals surface area contributed by atoms with Gasteiger partial charge >= 0.3 is 6.18 Å². The van der Waals surface area contributed by atoms with Crippen molar-refractivity contribution >= 4 is 5.78 Å². The number of hydrogen-bond acceptors (Lipinski definition) is 4. The summed E-state index contributed by atoms with van der Waals surface area (Å²) in [6, 6.07) is 0. The Balaban J connectivity index is 2.20. The van der Waals surface area contributed by atoms with Crippen LogP contribution in [0.2, 0.25) is 0 Å². The summed E-state index contributed by atoms with van der Waals surface area (Å²) in [6.45, 7) is -1.03. The van der Waals surface area contributed by atoms with Crippen molar-refractivity contribution in [3.05, 3.63) is 11.9 Å². The van der Waals surface area contributed by atoms with E-state index in [2.05, 4.69) is 10.7 Å². The normalized spacial score (nSPS) is 16.8. The Morgan fingerprint density at radius 3 is 2.69 bits per heavy atom. The van der Waals surface area contributed by atoms with Crippen molar-refractivity contribution in [2.75, 3.05) is 13.1 Å². The van der Waals surface area contributed by atoms with Crippen molar-refractivity contribution in [3.8, 4) is 0 Å². The van der Waals surface area contributed by atoms with E-state index in [0.717, 1.165) is 0 Å². The number of hydrogen-bond donors (Lipinski definition) is 3. The van der Waals surface area contributed by atoms with Gasteiger partial charge in [-0.05, 0) is 0 Å². The van der Waals surface area contributed by atoms with Crippen LogP contribution in [0.4, 0.5) is 13.2 Å². The molecular formula is C6H8F3N3O. The molecule has 3 N–H and O–H groups in total. The van der Waals surface area contributed by atoms with Gasteiger partial charge in [0.1, 0.15) is 12.4 Å². The average Bonchev–Trinajstić information content (AvgIpc) is 2.33. The first-order valence-electron chi connectivity index (χ1n) is 3.51. The van der Waals surface area contributed by atoms with Crippen molar-refractivity contribution in [1.82, 2.24) is 16.2 Å². The van der Waals surface area contributed by atoms with E-state index >= 15 is 0 Å². The number of ketones is 1. The van der Waals surface area contributed by atoms with Crippen LogP contribution in [-0.2, 0) is 4.79 Å². The van der Waals surface area contributed by atoms with Crippen LogP contribution in [0, 0.1) is 0 Å². The largest absolute Gasteiger partial charge is 0.402 e. The van der Waals surface area contributed by atoms with Gasteiger partial charge in [0.15, 0.2) is 5.78 Å². The van der Waals surface area contributed by atoms with Crippen LogP contribution in [0.25, 0.3) is 0 Å². The van der Waals surface area contributed by atoms with Crippen LogP contribution in [0.5, 0.6) is 0 Å². The minimum atomic E-state index is -4.27. The third kappa shape index (κ3) is 3.79. The second-order valence-electron chi connectivity index (χ2n) is 2.47. The lowest BCUT2D eigenvalue weighted by Gasteiger charge is -2.10. The highest BCUT2D eigenvalue weighted by atomic mass is 19.4. The zero-order chi connectivity index (χ0) is 9.90. The lowest BCUT2D eigenvalue weighted by atomic mass is 10.4. The maximum atomic E-state index is 11.6. The summed E-state index contributed by atoms with van der Waals surface area (Å²) < 4.78 is 34.8. The molecule has 0 bridgehead atoms. The fraction of sp³-hybridized carbons (Fsp3) is 0.500. The topological polar surface area (TPSA) is 53.2 Å². The third-order valence-corrected chi connectivity index (χ3v) is 1.27. The Morgan fingerprint density at radius 1 is 1.54 bits per heavy atom. The second kappa shape index (κ2) is 3.65. The SMILES string of the molecule is O=C1C=C(NNCC(F)(F)F)NC1. The minimum absolute atomic E-state index is 0.121. The van der Waals surface area contributed by atoms with E-state index in [0.29, 0.717) is 0 Å². The molecule has 0 saturated carbocycles. The van der Waals surface area contributed by atoms with Crippen molar-refractivity contribution in [3.63, 3.8) is 0 Å². The third-order valence-electron chi connectivity index (χ3n) is 1.27. The first-order valence-corrected chi connectivity index (χ1v) is 3.51. The molecular weight excluding hydrogens is 187 g/mol. The number of carbonyl (C=O) groups is 1. The molecule has 0 aromatic rings. The molecule has 74 valence electrons. The quantitative estimate of drug-likeness (QED) is 0.539. The number of alkyl halides is 3. The molecule has 0 aromatic heterocycles. The van der Waals surface area contributed by atoms with Gasteiger partial charge in [0.05, 0.1) is 6.54 Å². The number of nitrogens with one attached hydrogen (secondary N) is 3. The summed E-state index contributed by atoms with van der Waals surface area (Å²) in [5.74, 6) is 0.0885. The molecule has 13 heavy (non-hydrogen) atoms. The number of carbonyl (C=O) groups excluding carboxylic acids is 1. The summed E-state index contributed by atoms with van der Waals surface area (Å²) in [4.78, 5) is 10.6. The second-order valence-corrected chi connectivity index (χ2v) is 2.47. The first kappa shape index (κ1) is 9.85. The van der Waals surface area contributed by atoms with Gasteiger partial charge in [-0.3, -0.25) is 4.79 Å². The Hall–Kier alpha value is -1.24. The van der Waals surface area contributed by atoms with Crippen LogP contribution in [0.3, 0.4) is 0 Å². The molecule has 0 aromatic carbocycles. The highest BCUT2D eigenvalue weighted by Gasteiger charge is 2.26. The smallest absolute Gasteiger partial charge is 0.363 e. The molecule has 0 radical (unpaired) electrons. The molecule has 1 rings (SSSR count). The first-order chi connectivity index (χ1) is 5.97. The fourth-order valence-electron chi connectivity index (χ4n) is 0.765. The molecule has 0 saturated heterocycles. The Kier molecular flexibility index (Phi) is 2.76. The van der Waals surface area contributed by atoms with E-state index in [9.17, 15) is 18.0 Å². The minimum Gasteiger partial charge on any atom is -0.363 e. The zero-order valence-corrected chi connectivity index (χ0v) is 6.53. The monoisotopic (exact) mass is 195 g/mol. The summed E-state index contributed by atoms with van der Waals surface area (Å²) in [6.07, 6.45) is -3.07. The Bertz CT molecular complexity index is 236. The number of rotatable bonds is 3. The van der Waals surface area contributed by atoms with Gasteiger partial charge in [0, 0.05) is 6.08 Å². The van der Waals surface area contributed by atoms with Crippen LogP contribution in [0.1, 0.15) is 0 Å². The summed E-state index contributed by atoms with van der Waals surface area (Å²) >= 11 is 0. The van der Waals surface area contributed by atoms with Gasteiger partial charge in [-0.1, -0.05) is 0 Å². The maximum absolute atomic E-state index is 11.6. The van der Waals surface area contributed by atoms with E-state index in [1.165, 1.54) is 6.08 Å².